The van der Waals surface area contributed by atoms with E-state index in [1.807, 2.05) is 20.8 Å². The minimum Gasteiger partial charge on any atom is -0.444 e. The van der Waals surface area contributed by atoms with Gasteiger partial charge in [0.2, 0.25) is 0 Å². The van der Waals surface area contributed by atoms with Crippen molar-refractivity contribution < 1.29 is 9.53 Å². The van der Waals surface area contributed by atoms with Gasteiger partial charge in [0.25, 0.3) is 0 Å². The third-order valence-electron chi connectivity index (χ3n) is 2.55. The maximum atomic E-state index is 11.5. The molecule has 0 spiro atoms. The number of guanidine groups is 1. The van der Waals surface area contributed by atoms with E-state index in [-0.39, 0.29) is 0 Å². The van der Waals surface area contributed by atoms with Gasteiger partial charge in [-0.1, -0.05) is 6.07 Å². The molecule has 1 aromatic heterocycles. The van der Waals surface area contributed by atoms with Crippen LogP contribution in [-0.4, -0.2) is 44.3 Å². The molecule has 6 nitrogen and oxygen atoms in total. The maximum Gasteiger partial charge on any atom is 0.407 e. The lowest BCUT2D eigenvalue weighted by molar-refractivity contribution is 0.0529. The van der Waals surface area contributed by atoms with Crippen LogP contribution in [0.25, 0.3) is 0 Å². The zero-order valence-corrected chi connectivity index (χ0v) is 14.5. The van der Waals surface area contributed by atoms with Crippen molar-refractivity contribution in [1.29, 1.82) is 0 Å². The van der Waals surface area contributed by atoms with Gasteiger partial charge in [0.05, 0.1) is 0 Å². The van der Waals surface area contributed by atoms with Crippen LogP contribution in [0.15, 0.2) is 22.5 Å². The third kappa shape index (κ3) is 8.51. The van der Waals surface area contributed by atoms with Crippen molar-refractivity contribution in [2.24, 2.45) is 4.99 Å². The monoisotopic (exact) mass is 326 g/mol. The predicted molar refractivity (Wildman–Crippen MR) is 91.6 cm³/mol. The van der Waals surface area contributed by atoms with Gasteiger partial charge in [-0.25, -0.2) is 4.79 Å². The van der Waals surface area contributed by atoms with E-state index in [4.69, 9.17) is 4.74 Å². The van der Waals surface area contributed by atoms with E-state index >= 15 is 0 Å². The molecule has 0 atom stereocenters. The molecule has 0 unspecified atom stereocenters. The first-order chi connectivity index (χ1) is 10.4. The van der Waals surface area contributed by atoms with Gasteiger partial charge in [0.1, 0.15) is 5.60 Å². The maximum absolute atomic E-state index is 11.5. The molecule has 1 heterocycles. The molecule has 0 aliphatic heterocycles. The Hall–Kier alpha value is -1.76. The quantitative estimate of drug-likeness (QED) is 0.424. The lowest BCUT2D eigenvalue weighted by Crippen LogP contribution is -2.42. The van der Waals surface area contributed by atoms with E-state index < -0.39 is 11.7 Å². The van der Waals surface area contributed by atoms with Crippen molar-refractivity contribution in [1.82, 2.24) is 16.0 Å². The molecule has 1 aromatic rings. The summed E-state index contributed by atoms with van der Waals surface area (Å²) in [6.07, 6.45) is 0.559. The Morgan fingerprint density at radius 1 is 1.23 bits per heavy atom. The molecule has 7 heteroatoms. The number of carbonyl (C=O) groups is 1. The van der Waals surface area contributed by atoms with Gasteiger partial charge in [-0.05, 0) is 38.6 Å². The fourth-order valence-electron chi connectivity index (χ4n) is 1.64. The summed E-state index contributed by atoms with van der Waals surface area (Å²) in [5.74, 6) is 0.725. The second-order valence-electron chi connectivity index (χ2n) is 5.68. The van der Waals surface area contributed by atoms with Crippen LogP contribution in [0.5, 0.6) is 0 Å². The number of nitrogens with zero attached hydrogens (tertiary/aromatic N) is 1. The number of aliphatic imine (C=N–C) groups is 1. The Kier molecular flexibility index (Phi) is 7.73. The highest BCUT2D eigenvalue weighted by molar-refractivity contribution is 7.09. The first kappa shape index (κ1) is 18.3. The van der Waals surface area contributed by atoms with E-state index in [2.05, 4.69) is 38.5 Å². The number of ether oxygens (including phenoxy) is 1. The summed E-state index contributed by atoms with van der Waals surface area (Å²) in [6, 6.07) is 4.17. The summed E-state index contributed by atoms with van der Waals surface area (Å²) in [6.45, 7) is 7.39. The van der Waals surface area contributed by atoms with E-state index in [1.54, 1.807) is 18.4 Å². The molecule has 0 fully saturated rings. The summed E-state index contributed by atoms with van der Waals surface area (Å²) in [4.78, 5) is 16.9. The highest BCUT2D eigenvalue weighted by Crippen LogP contribution is 2.08. The molecular weight excluding hydrogens is 300 g/mol. The largest absolute Gasteiger partial charge is 0.444 e. The van der Waals surface area contributed by atoms with Gasteiger partial charge >= 0.3 is 6.09 Å². The van der Waals surface area contributed by atoms with E-state index in [0.29, 0.717) is 13.1 Å². The fourth-order valence-corrected chi connectivity index (χ4v) is 2.35. The highest BCUT2D eigenvalue weighted by atomic mass is 32.1. The number of hydrogen-bond donors (Lipinski definition) is 3. The van der Waals surface area contributed by atoms with E-state index in [1.165, 1.54) is 4.88 Å². The van der Waals surface area contributed by atoms with Crippen molar-refractivity contribution in [3.63, 3.8) is 0 Å². The first-order valence-electron chi connectivity index (χ1n) is 7.34. The summed E-state index contributed by atoms with van der Waals surface area (Å²) in [5, 5.41) is 11.1. The van der Waals surface area contributed by atoms with Crippen LogP contribution < -0.4 is 16.0 Å². The zero-order chi connectivity index (χ0) is 16.4. The average Bonchev–Trinajstić information content (AvgIpc) is 2.92. The second-order valence-corrected chi connectivity index (χ2v) is 6.72. The molecule has 1 amide bonds. The number of carbonyl (C=O) groups excluding carboxylic acids is 1. The summed E-state index contributed by atoms with van der Waals surface area (Å²) < 4.78 is 5.15. The van der Waals surface area contributed by atoms with Crippen LogP contribution in [0, 0.1) is 0 Å². The summed E-state index contributed by atoms with van der Waals surface area (Å²) in [5.41, 5.74) is -0.475. The molecule has 22 heavy (non-hydrogen) atoms. The topological polar surface area (TPSA) is 74.8 Å². The standard InChI is InChI=1S/C15H26N4O2S/c1-15(2,3)21-14(20)19-10-9-18-13(16-4)17-8-7-12-6-5-11-22-12/h5-6,11H,7-10H2,1-4H3,(H,19,20)(H2,16,17,18). The summed E-state index contributed by atoms with van der Waals surface area (Å²) in [7, 11) is 1.72. The van der Waals surface area contributed by atoms with Gasteiger partial charge in [0.15, 0.2) is 5.96 Å². The number of hydrogen-bond acceptors (Lipinski definition) is 4. The van der Waals surface area contributed by atoms with Crippen LogP contribution in [0.3, 0.4) is 0 Å². The molecule has 1 rings (SSSR count). The molecule has 0 saturated carbocycles. The molecule has 0 radical (unpaired) electrons. The number of thiophene rings is 1. The van der Waals surface area contributed by atoms with E-state index in [0.717, 1.165) is 18.9 Å². The first-order valence-corrected chi connectivity index (χ1v) is 8.22. The number of amides is 1. The molecule has 0 saturated heterocycles. The number of rotatable bonds is 6. The van der Waals surface area contributed by atoms with Crippen LogP contribution in [0.2, 0.25) is 0 Å². The zero-order valence-electron chi connectivity index (χ0n) is 13.7. The molecule has 3 N–H and O–H groups in total. The Morgan fingerprint density at radius 3 is 2.50 bits per heavy atom. The van der Waals surface area contributed by atoms with Gasteiger partial charge < -0.3 is 20.7 Å². The number of alkyl carbamates (subject to hydrolysis) is 1. The second kappa shape index (κ2) is 9.30. The Bertz CT molecular complexity index is 466. The van der Waals surface area contributed by atoms with Gasteiger partial charge in [-0.2, -0.15) is 0 Å². The van der Waals surface area contributed by atoms with Crippen molar-refractivity contribution in [2.75, 3.05) is 26.7 Å². The van der Waals surface area contributed by atoms with E-state index in [9.17, 15) is 4.79 Å². The number of nitrogens with one attached hydrogen (secondary N) is 3. The molecule has 124 valence electrons. The highest BCUT2D eigenvalue weighted by Gasteiger charge is 2.15. The van der Waals surface area contributed by atoms with Crippen LogP contribution in [0.1, 0.15) is 25.6 Å². The Morgan fingerprint density at radius 2 is 1.91 bits per heavy atom. The van der Waals surface area contributed by atoms with Crippen molar-refractivity contribution in [3.05, 3.63) is 22.4 Å². The van der Waals surface area contributed by atoms with Crippen molar-refractivity contribution >= 4 is 23.4 Å². The van der Waals surface area contributed by atoms with Gasteiger partial charge in [0, 0.05) is 31.6 Å². The average molecular weight is 326 g/mol. The van der Waals surface area contributed by atoms with Crippen LogP contribution >= 0.6 is 11.3 Å². The summed E-state index contributed by atoms with van der Waals surface area (Å²) >= 11 is 1.75. The van der Waals surface area contributed by atoms with Crippen molar-refractivity contribution in [2.45, 2.75) is 32.8 Å². The normalized spacial score (nSPS) is 11.9. The van der Waals surface area contributed by atoms with Gasteiger partial charge in [-0.15, -0.1) is 11.3 Å². The Balaban J connectivity index is 2.12. The minimum atomic E-state index is -0.475. The minimum absolute atomic E-state index is 0.407. The smallest absolute Gasteiger partial charge is 0.407 e. The Labute approximate surface area is 136 Å². The molecule has 0 aliphatic carbocycles. The third-order valence-corrected chi connectivity index (χ3v) is 3.49. The molecule has 0 bridgehead atoms. The fraction of sp³-hybridized carbons (Fsp3) is 0.600. The van der Waals surface area contributed by atoms with Crippen LogP contribution in [-0.2, 0) is 11.2 Å². The lowest BCUT2D eigenvalue weighted by Gasteiger charge is -2.19. The van der Waals surface area contributed by atoms with Gasteiger partial charge in [-0.3, -0.25) is 4.99 Å². The van der Waals surface area contributed by atoms with Crippen LogP contribution in [0.4, 0.5) is 4.79 Å². The predicted octanol–water partition coefficient (Wildman–Crippen LogP) is 1.98. The lowest BCUT2D eigenvalue weighted by atomic mass is 10.2. The van der Waals surface area contributed by atoms with Crippen molar-refractivity contribution in [3.8, 4) is 0 Å². The SMILES string of the molecule is CN=C(NCCNC(=O)OC(C)(C)C)NCCc1cccs1. The molecule has 0 aromatic carbocycles. The molecular formula is C15H26N4O2S. The molecule has 0 aliphatic rings.